The number of carboxylic acids is 1. The van der Waals surface area contributed by atoms with Gasteiger partial charge in [-0.25, -0.2) is 14.4 Å². The number of hydrogen-bond acceptors (Lipinski definition) is 10. The van der Waals surface area contributed by atoms with Gasteiger partial charge in [0.15, 0.2) is 17.4 Å². The fraction of sp³-hybridized carbons (Fsp3) is 0.556. The number of ether oxygens (including phenoxy) is 1. The van der Waals surface area contributed by atoms with Crippen LogP contribution in [-0.4, -0.2) is 92.1 Å². The molecule has 14 nitrogen and oxygen atoms in total. The second-order valence-electron chi connectivity index (χ2n) is 7.83. The number of aliphatic hydroxyl groups excluding tert-OH is 4. The Bertz CT molecular complexity index is 1250. The molecule has 3 aromatic heterocycles. The van der Waals surface area contributed by atoms with Crippen LogP contribution in [0.4, 0.5) is 0 Å². The van der Waals surface area contributed by atoms with Crippen LogP contribution in [-0.2, 0) is 23.0 Å². The van der Waals surface area contributed by atoms with Crippen LogP contribution in [0, 0.1) is 6.92 Å². The van der Waals surface area contributed by atoms with Gasteiger partial charge in [0.05, 0.1) is 30.4 Å². The number of aryl methyl sites for hydroxylation is 2. The first-order chi connectivity index (χ1) is 15.1. The standard InChI is InChI=1S/C18H24N6O8/c1-6-7(3-8(26)10(19)17(30)31)24-15(29)11-14(22(2)18(24)21-6)23(5-20-11)16-13(28)12(27)9(4-25)32-16/h5,8-10,12-13,16,25-28H,3-4,19H2,1-2H3,(H,30,31)/t8?,9-,10?,12?,13+,16-/m1/s1. The molecular formula is C18H24N6O8. The van der Waals surface area contributed by atoms with Crippen LogP contribution >= 0.6 is 0 Å². The van der Waals surface area contributed by atoms with Crippen molar-refractivity contribution in [3.05, 3.63) is 28.1 Å². The number of hydrogen-bond donors (Lipinski definition) is 6. The highest BCUT2D eigenvalue weighted by atomic mass is 16.6. The maximum atomic E-state index is 13.3. The predicted octanol–water partition coefficient (Wildman–Crippen LogP) is -3.38. The van der Waals surface area contributed by atoms with Gasteiger partial charge in [-0.1, -0.05) is 0 Å². The summed E-state index contributed by atoms with van der Waals surface area (Å²) in [7, 11) is 1.60. The molecule has 174 valence electrons. The molecule has 1 aliphatic rings. The molecule has 3 aromatic rings. The minimum absolute atomic E-state index is 0.00610. The minimum atomic E-state index is -1.54. The molecule has 6 atom stereocenters. The molecule has 1 fully saturated rings. The number of carboxylic acid groups (broad SMARTS) is 1. The molecule has 0 saturated carbocycles. The summed E-state index contributed by atoms with van der Waals surface area (Å²) in [6.07, 6.45) is -5.23. The Balaban J connectivity index is 1.86. The number of aliphatic hydroxyl groups is 4. The summed E-state index contributed by atoms with van der Waals surface area (Å²) in [5.41, 5.74) is 5.83. The number of carbonyl (C=O) groups is 1. The summed E-state index contributed by atoms with van der Waals surface area (Å²) < 4.78 is 9.68. The monoisotopic (exact) mass is 452 g/mol. The molecule has 0 amide bonds. The van der Waals surface area contributed by atoms with E-state index in [1.807, 2.05) is 0 Å². The van der Waals surface area contributed by atoms with Crippen molar-refractivity contribution in [2.24, 2.45) is 12.8 Å². The number of rotatable bonds is 6. The first-order valence-electron chi connectivity index (χ1n) is 9.80. The van der Waals surface area contributed by atoms with E-state index in [1.54, 1.807) is 14.0 Å². The average Bonchev–Trinajstić information content (AvgIpc) is 3.41. The predicted molar refractivity (Wildman–Crippen MR) is 107 cm³/mol. The maximum Gasteiger partial charge on any atom is 0.323 e. The fourth-order valence-electron chi connectivity index (χ4n) is 4.05. The molecule has 0 aliphatic carbocycles. The van der Waals surface area contributed by atoms with Crippen LogP contribution in [0.25, 0.3) is 16.9 Å². The Kier molecular flexibility index (Phi) is 5.52. The summed E-state index contributed by atoms with van der Waals surface area (Å²) in [6.45, 7) is 1.10. The van der Waals surface area contributed by atoms with E-state index < -0.39 is 54.8 Å². The van der Waals surface area contributed by atoms with Crippen LogP contribution in [0.2, 0.25) is 0 Å². The van der Waals surface area contributed by atoms with E-state index in [-0.39, 0.29) is 29.1 Å². The number of aromatic nitrogens is 5. The summed E-state index contributed by atoms with van der Waals surface area (Å²) in [6, 6.07) is -1.54. The first-order valence-corrected chi connectivity index (χ1v) is 9.80. The fourth-order valence-corrected chi connectivity index (χ4v) is 4.05. The Labute approximate surface area is 179 Å². The van der Waals surface area contributed by atoms with E-state index in [9.17, 15) is 30.0 Å². The van der Waals surface area contributed by atoms with Crippen molar-refractivity contribution in [1.82, 2.24) is 23.5 Å². The third-order valence-electron chi connectivity index (χ3n) is 5.84. The van der Waals surface area contributed by atoms with Gasteiger partial charge in [-0.2, -0.15) is 0 Å². The molecular weight excluding hydrogens is 428 g/mol. The van der Waals surface area contributed by atoms with Crippen LogP contribution in [0.5, 0.6) is 0 Å². The van der Waals surface area contributed by atoms with Gasteiger partial charge in [0.2, 0.25) is 5.78 Å². The van der Waals surface area contributed by atoms with Gasteiger partial charge in [-0.3, -0.25) is 18.7 Å². The zero-order chi connectivity index (χ0) is 23.5. The van der Waals surface area contributed by atoms with Crippen LogP contribution < -0.4 is 11.3 Å². The van der Waals surface area contributed by atoms with Gasteiger partial charge in [0.25, 0.3) is 5.56 Å². The molecule has 1 saturated heterocycles. The quantitative estimate of drug-likeness (QED) is 0.217. The normalized spacial score (nSPS) is 25.6. The molecule has 3 unspecified atom stereocenters. The van der Waals surface area contributed by atoms with Crippen molar-refractivity contribution in [2.75, 3.05) is 6.61 Å². The van der Waals surface area contributed by atoms with Gasteiger partial charge in [0, 0.05) is 13.5 Å². The minimum Gasteiger partial charge on any atom is -0.480 e. The lowest BCUT2D eigenvalue weighted by atomic mass is 10.1. The molecule has 0 aromatic carbocycles. The van der Waals surface area contributed by atoms with E-state index in [4.69, 9.17) is 15.6 Å². The summed E-state index contributed by atoms with van der Waals surface area (Å²) >= 11 is 0. The molecule has 7 N–H and O–H groups in total. The van der Waals surface area contributed by atoms with Crippen molar-refractivity contribution in [3.63, 3.8) is 0 Å². The second-order valence-corrected chi connectivity index (χ2v) is 7.83. The Hall–Kier alpha value is -2.88. The van der Waals surface area contributed by atoms with Gasteiger partial charge in [-0.15, -0.1) is 0 Å². The third kappa shape index (κ3) is 3.19. The van der Waals surface area contributed by atoms with Crippen LogP contribution in [0.1, 0.15) is 17.6 Å². The van der Waals surface area contributed by atoms with E-state index >= 15 is 0 Å². The third-order valence-corrected chi connectivity index (χ3v) is 5.84. The molecule has 0 radical (unpaired) electrons. The summed E-state index contributed by atoms with van der Waals surface area (Å²) in [4.78, 5) is 32.9. The van der Waals surface area contributed by atoms with Gasteiger partial charge in [-0.05, 0) is 6.92 Å². The molecule has 4 heterocycles. The van der Waals surface area contributed by atoms with Gasteiger partial charge >= 0.3 is 5.97 Å². The highest BCUT2D eigenvalue weighted by molar-refractivity contribution is 5.74. The van der Waals surface area contributed by atoms with Crippen molar-refractivity contribution in [2.45, 2.75) is 50.0 Å². The highest BCUT2D eigenvalue weighted by Crippen LogP contribution is 2.31. The van der Waals surface area contributed by atoms with Crippen molar-refractivity contribution in [1.29, 1.82) is 0 Å². The van der Waals surface area contributed by atoms with E-state index in [1.165, 1.54) is 19.9 Å². The smallest absolute Gasteiger partial charge is 0.323 e. The number of aliphatic carboxylic acids is 1. The molecule has 0 bridgehead atoms. The maximum absolute atomic E-state index is 13.3. The zero-order valence-electron chi connectivity index (χ0n) is 17.2. The van der Waals surface area contributed by atoms with E-state index in [2.05, 4.69) is 9.97 Å². The van der Waals surface area contributed by atoms with Crippen molar-refractivity contribution in [3.8, 4) is 0 Å². The van der Waals surface area contributed by atoms with Gasteiger partial charge in [0.1, 0.15) is 24.4 Å². The number of nitrogens with two attached hydrogens (primary N) is 1. The topological polar surface area (TPSA) is 211 Å². The van der Waals surface area contributed by atoms with E-state index in [0.29, 0.717) is 5.69 Å². The molecule has 32 heavy (non-hydrogen) atoms. The Morgan fingerprint density at radius 2 is 2.03 bits per heavy atom. The number of imidazole rings is 2. The lowest BCUT2D eigenvalue weighted by Gasteiger charge is -2.18. The highest BCUT2D eigenvalue weighted by Gasteiger charge is 2.44. The number of nitrogens with zero attached hydrogens (tertiary/aromatic N) is 5. The molecule has 14 heteroatoms. The summed E-state index contributed by atoms with van der Waals surface area (Å²) in [5.74, 6) is -1.20. The largest absolute Gasteiger partial charge is 0.480 e. The second kappa shape index (κ2) is 7.91. The van der Waals surface area contributed by atoms with E-state index in [0.717, 1.165) is 0 Å². The lowest BCUT2D eigenvalue weighted by Crippen LogP contribution is -2.43. The summed E-state index contributed by atoms with van der Waals surface area (Å²) in [5, 5.41) is 49.0. The molecule has 4 rings (SSSR count). The van der Waals surface area contributed by atoms with Crippen molar-refractivity contribution >= 4 is 22.9 Å². The first kappa shape index (κ1) is 22.3. The zero-order valence-corrected chi connectivity index (χ0v) is 17.2. The number of fused-ring (bicyclic) bond motifs is 2. The Morgan fingerprint density at radius 3 is 2.62 bits per heavy atom. The molecule has 0 spiro atoms. The average molecular weight is 452 g/mol. The van der Waals surface area contributed by atoms with Crippen LogP contribution in [0.15, 0.2) is 11.1 Å². The van der Waals surface area contributed by atoms with Gasteiger partial charge < -0.3 is 36.0 Å². The SMILES string of the molecule is Cc1nc2n(C)c3c(ncn3[C@@H]3O[C@H](CO)C(O)[C@@H]3O)c(=O)n2c1CC(O)C(N)C(=O)O. The van der Waals surface area contributed by atoms with Crippen LogP contribution in [0.3, 0.4) is 0 Å². The molecule has 1 aliphatic heterocycles. The Morgan fingerprint density at radius 1 is 1.34 bits per heavy atom. The van der Waals surface area contributed by atoms with Crippen molar-refractivity contribution < 1.29 is 35.1 Å². The lowest BCUT2D eigenvalue weighted by molar-refractivity contribution is -0.141.